The van der Waals surface area contributed by atoms with E-state index in [1.165, 1.54) is 13.1 Å². The second kappa shape index (κ2) is 3.69. The lowest BCUT2D eigenvalue weighted by Gasteiger charge is -2.19. The largest absolute Gasteiger partial charge is 0.397 e. The number of sulfonamides is 1. The second-order valence-corrected chi connectivity index (χ2v) is 5.40. The molecule has 0 fully saturated rings. The number of nitrogens with two attached hydrogens (primary N) is 1. The Balaban J connectivity index is 3.33. The molecule has 1 aromatic carbocycles. The fraction of sp³-hybridized carbons (Fsp3) is 0.333. The third kappa shape index (κ3) is 2.38. The van der Waals surface area contributed by atoms with Gasteiger partial charge in [0.25, 0.3) is 0 Å². The highest BCUT2D eigenvalue weighted by Crippen LogP contribution is 2.26. The van der Waals surface area contributed by atoms with Crippen molar-refractivity contribution in [2.75, 3.05) is 23.3 Å². The van der Waals surface area contributed by atoms with E-state index in [1.54, 1.807) is 6.92 Å². The Bertz CT molecular complexity index is 485. The van der Waals surface area contributed by atoms with Crippen LogP contribution in [0.3, 0.4) is 0 Å². The van der Waals surface area contributed by atoms with Gasteiger partial charge in [0, 0.05) is 7.05 Å². The molecule has 0 unspecified atom stereocenters. The van der Waals surface area contributed by atoms with Crippen LogP contribution in [-0.2, 0) is 10.0 Å². The number of rotatable bonds is 2. The Labute approximate surface area is 88.6 Å². The number of hydrogen-bond acceptors (Lipinski definition) is 3. The van der Waals surface area contributed by atoms with Crippen LogP contribution in [-0.4, -0.2) is 21.7 Å². The van der Waals surface area contributed by atoms with Crippen LogP contribution in [0.1, 0.15) is 5.56 Å². The summed E-state index contributed by atoms with van der Waals surface area (Å²) in [4.78, 5) is 0. The van der Waals surface area contributed by atoms with E-state index in [4.69, 9.17) is 5.73 Å². The molecule has 6 heteroatoms. The van der Waals surface area contributed by atoms with Gasteiger partial charge in [0.1, 0.15) is 5.82 Å². The molecule has 2 N–H and O–H groups in total. The molecule has 0 aromatic heterocycles. The Hall–Kier alpha value is -1.30. The van der Waals surface area contributed by atoms with Gasteiger partial charge in [0.15, 0.2) is 0 Å². The molecule has 0 aliphatic carbocycles. The first-order valence-electron chi connectivity index (χ1n) is 4.23. The molecular weight excluding hydrogens is 219 g/mol. The number of anilines is 2. The number of nitrogen functional groups attached to an aromatic ring is 1. The minimum Gasteiger partial charge on any atom is -0.397 e. The van der Waals surface area contributed by atoms with Crippen LogP contribution < -0.4 is 10.0 Å². The summed E-state index contributed by atoms with van der Waals surface area (Å²) in [6.45, 7) is 1.55. The normalized spacial score (nSPS) is 11.5. The van der Waals surface area contributed by atoms with E-state index in [0.29, 0.717) is 5.56 Å². The first kappa shape index (κ1) is 11.8. The fourth-order valence-electron chi connectivity index (χ4n) is 1.13. The zero-order valence-corrected chi connectivity index (χ0v) is 9.60. The molecule has 0 amide bonds. The SMILES string of the molecule is Cc1cc(N(C)S(C)(=O)=O)c(N)cc1F. The number of aryl methyl sites for hydroxylation is 1. The van der Waals surface area contributed by atoms with Crippen molar-refractivity contribution in [3.8, 4) is 0 Å². The zero-order valence-electron chi connectivity index (χ0n) is 8.78. The summed E-state index contributed by atoms with van der Waals surface area (Å²) in [5, 5.41) is 0. The molecule has 0 radical (unpaired) electrons. The van der Waals surface area contributed by atoms with Crippen molar-refractivity contribution in [2.24, 2.45) is 0 Å². The van der Waals surface area contributed by atoms with Gasteiger partial charge in [-0.25, -0.2) is 12.8 Å². The summed E-state index contributed by atoms with van der Waals surface area (Å²) in [6.07, 6.45) is 1.06. The molecule has 0 atom stereocenters. The van der Waals surface area contributed by atoms with E-state index in [9.17, 15) is 12.8 Å². The van der Waals surface area contributed by atoms with Crippen molar-refractivity contribution in [2.45, 2.75) is 6.92 Å². The third-order valence-corrected chi connectivity index (χ3v) is 3.34. The van der Waals surface area contributed by atoms with Gasteiger partial charge in [0.2, 0.25) is 10.0 Å². The summed E-state index contributed by atoms with van der Waals surface area (Å²) in [7, 11) is -2.00. The molecule has 0 spiro atoms. The average molecular weight is 232 g/mol. The van der Waals surface area contributed by atoms with Crippen LogP contribution >= 0.6 is 0 Å². The predicted molar refractivity (Wildman–Crippen MR) is 58.8 cm³/mol. The standard InChI is InChI=1S/C9H13FN2O2S/c1-6-4-9(8(11)5-7(6)10)12(2)15(3,13)14/h4-5H,11H2,1-3H3. The molecule has 4 nitrogen and oxygen atoms in total. The quantitative estimate of drug-likeness (QED) is 0.777. The predicted octanol–water partition coefficient (Wildman–Crippen LogP) is 1.11. The van der Waals surface area contributed by atoms with Gasteiger partial charge >= 0.3 is 0 Å². The molecule has 0 aliphatic heterocycles. The molecule has 0 bridgehead atoms. The van der Waals surface area contributed by atoms with Crippen LogP contribution in [0.25, 0.3) is 0 Å². The highest BCUT2D eigenvalue weighted by atomic mass is 32.2. The van der Waals surface area contributed by atoms with Crippen LogP contribution in [0.4, 0.5) is 15.8 Å². The van der Waals surface area contributed by atoms with Crippen LogP contribution in [0.5, 0.6) is 0 Å². The number of hydrogen-bond donors (Lipinski definition) is 1. The Morgan fingerprint density at radius 1 is 1.40 bits per heavy atom. The highest BCUT2D eigenvalue weighted by Gasteiger charge is 2.16. The molecule has 84 valence electrons. The number of benzene rings is 1. The van der Waals surface area contributed by atoms with Gasteiger partial charge < -0.3 is 5.73 Å². The topological polar surface area (TPSA) is 63.4 Å². The maximum absolute atomic E-state index is 13.1. The molecule has 0 saturated heterocycles. The maximum Gasteiger partial charge on any atom is 0.232 e. The fourth-order valence-corrected chi connectivity index (χ4v) is 1.65. The lowest BCUT2D eigenvalue weighted by molar-refractivity contribution is 0.599. The van der Waals surface area contributed by atoms with E-state index in [0.717, 1.165) is 16.6 Å². The molecule has 15 heavy (non-hydrogen) atoms. The second-order valence-electron chi connectivity index (χ2n) is 3.39. The van der Waals surface area contributed by atoms with Gasteiger partial charge in [-0.3, -0.25) is 4.31 Å². The monoisotopic (exact) mass is 232 g/mol. The van der Waals surface area contributed by atoms with Gasteiger partial charge in [-0.05, 0) is 24.6 Å². The smallest absolute Gasteiger partial charge is 0.232 e. The summed E-state index contributed by atoms with van der Waals surface area (Å²) >= 11 is 0. The van der Waals surface area contributed by atoms with Gasteiger partial charge in [-0.2, -0.15) is 0 Å². The maximum atomic E-state index is 13.1. The zero-order chi connectivity index (χ0) is 11.8. The first-order valence-corrected chi connectivity index (χ1v) is 6.08. The van der Waals surface area contributed by atoms with E-state index in [2.05, 4.69) is 0 Å². The van der Waals surface area contributed by atoms with E-state index < -0.39 is 15.8 Å². The summed E-state index contributed by atoms with van der Waals surface area (Å²) in [5.41, 5.74) is 6.29. The van der Waals surface area contributed by atoms with Crippen molar-refractivity contribution in [3.63, 3.8) is 0 Å². The van der Waals surface area contributed by atoms with Gasteiger partial charge in [-0.15, -0.1) is 0 Å². The number of nitrogens with zero attached hydrogens (tertiary/aromatic N) is 1. The summed E-state index contributed by atoms with van der Waals surface area (Å²) in [6, 6.07) is 2.53. The van der Waals surface area contributed by atoms with Crippen LogP contribution in [0.15, 0.2) is 12.1 Å². The van der Waals surface area contributed by atoms with Gasteiger partial charge in [-0.1, -0.05) is 0 Å². The van der Waals surface area contributed by atoms with Gasteiger partial charge in [0.05, 0.1) is 17.6 Å². The molecule has 0 saturated carbocycles. The van der Waals surface area contributed by atoms with Crippen molar-refractivity contribution in [3.05, 3.63) is 23.5 Å². The molecular formula is C9H13FN2O2S. The van der Waals surface area contributed by atoms with Crippen molar-refractivity contribution in [1.82, 2.24) is 0 Å². The average Bonchev–Trinajstić information content (AvgIpc) is 2.08. The summed E-state index contributed by atoms with van der Waals surface area (Å²) in [5.74, 6) is -0.446. The Kier molecular flexibility index (Phi) is 2.90. The van der Waals surface area contributed by atoms with Crippen LogP contribution in [0.2, 0.25) is 0 Å². The highest BCUT2D eigenvalue weighted by molar-refractivity contribution is 7.92. The third-order valence-electron chi connectivity index (χ3n) is 2.14. The van der Waals surface area contributed by atoms with E-state index in [1.807, 2.05) is 0 Å². The van der Waals surface area contributed by atoms with Crippen molar-refractivity contribution < 1.29 is 12.8 Å². The minimum absolute atomic E-state index is 0.103. The van der Waals surface area contributed by atoms with Crippen molar-refractivity contribution >= 4 is 21.4 Å². The molecule has 1 rings (SSSR count). The van der Waals surface area contributed by atoms with Crippen LogP contribution in [0, 0.1) is 12.7 Å². The molecule has 0 heterocycles. The van der Waals surface area contributed by atoms with Crippen molar-refractivity contribution in [1.29, 1.82) is 0 Å². The Morgan fingerprint density at radius 2 is 1.93 bits per heavy atom. The molecule has 1 aromatic rings. The minimum atomic E-state index is -3.38. The lowest BCUT2D eigenvalue weighted by atomic mass is 10.2. The van der Waals surface area contributed by atoms with E-state index >= 15 is 0 Å². The molecule has 0 aliphatic rings. The number of halogens is 1. The first-order chi connectivity index (χ1) is 6.73. The lowest BCUT2D eigenvalue weighted by Crippen LogP contribution is -2.25. The summed E-state index contributed by atoms with van der Waals surface area (Å²) < 4.78 is 36.6. The Morgan fingerprint density at radius 3 is 2.40 bits per heavy atom. The van der Waals surface area contributed by atoms with E-state index in [-0.39, 0.29) is 11.4 Å².